The van der Waals surface area contributed by atoms with Crippen molar-refractivity contribution < 1.29 is 0 Å². The molecule has 3 rings (SSSR count). The highest BCUT2D eigenvalue weighted by Crippen LogP contribution is 2.20. The van der Waals surface area contributed by atoms with Crippen LogP contribution in [-0.4, -0.2) is 42.4 Å². The fourth-order valence-electron chi connectivity index (χ4n) is 2.27. The molecule has 142 valence electrons. The van der Waals surface area contributed by atoms with Crippen LogP contribution < -0.4 is 16.2 Å². The van der Waals surface area contributed by atoms with E-state index < -0.39 is 0 Å². The van der Waals surface area contributed by atoms with Crippen molar-refractivity contribution in [2.75, 3.05) is 17.6 Å². The maximum Gasteiger partial charge on any atom is 0.281 e. The number of hydrogen-bond donors (Lipinski definition) is 3. The van der Waals surface area contributed by atoms with Gasteiger partial charge < -0.3 is 10.6 Å². The van der Waals surface area contributed by atoms with Crippen molar-refractivity contribution >= 4 is 57.5 Å². The summed E-state index contributed by atoms with van der Waals surface area (Å²) < 4.78 is 1.59. The number of anilines is 1. The predicted octanol–water partition coefficient (Wildman–Crippen LogP) is 2.66. The number of para-hydroxylation sites is 1. The highest BCUT2D eigenvalue weighted by Gasteiger charge is 2.12. The van der Waals surface area contributed by atoms with Crippen molar-refractivity contribution in [1.82, 2.24) is 30.3 Å². The molecule has 0 atom stereocenters. The fraction of sp³-hybridized carbons (Fsp3) is 0.312. The van der Waals surface area contributed by atoms with Crippen molar-refractivity contribution in [3.8, 4) is 0 Å². The van der Waals surface area contributed by atoms with Crippen molar-refractivity contribution in [2.45, 2.75) is 25.0 Å². The largest absolute Gasteiger partial charge is 0.361 e. The average molecular weight is 424 g/mol. The molecular formula is C16H18ClN7OS2. The van der Waals surface area contributed by atoms with E-state index in [9.17, 15) is 4.79 Å². The highest BCUT2D eigenvalue weighted by molar-refractivity contribution is 7.99. The van der Waals surface area contributed by atoms with Crippen molar-refractivity contribution in [2.24, 2.45) is 0 Å². The summed E-state index contributed by atoms with van der Waals surface area (Å²) in [5.74, 6) is 0.875. The highest BCUT2D eigenvalue weighted by atomic mass is 35.5. The monoisotopic (exact) mass is 423 g/mol. The minimum absolute atomic E-state index is 0.229. The molecule has 0 saturated heterocycles. The summed E-state index contributed by atoms with van der Waals surface area (Å²) in [7, 11) is 0. The van der Waals surface area contributed by atoms with E-state index in [1.807, 2.05) is 18.2 Å². The molecule has 0 radical (unpaired) electrons. The molecule has 3 N–H and O–H groups in total. The van der Waals surface area contributed by atoms with Crippen LogP contribution in [0.25, 0.3) is 11.2 Å². The van der Waals surface area contributed by atoms with Gasteiger partial charge >= 0.3 is 0 Å². The molecule has 0 unspecified atom stereocenters. The molecule has 0 aliphatic heterocycles. The summed E-state index contributed by atoms with van der Waals surface area (Å²) in [6.07, 6.45) is 0.990. The van der Waals surface area contributed by atoms with Gasteiger partial charge in [-0.05, 0) is 30.8 Å². The van der Waals surface area contributed by atoms with Crippen molar-refractivity contribution in [3.05, 3.63) is 39.6 Å². The zero-order valence-electron chi connectivity index (χ0n) is 14.5. The van der Waals surface area contributed by atoms with E-state index in [0.29, 0.717) is 34.0 Å². The lowest BCUT2D eigenvalue weighted by molar-refractivity contribution is 0.592. The summed E-state index contributed by atoms with van der Waals surface area (Å²) in [5.41, 5.74) is 1.14. The molecule has 3 aromatic rings. The van der Waals surface area contributed by atoms with Crippen LogP contribution in [0.4, 0.5) is 5.69 Å². The van der Waals surface area contributed by atoms with Gasteiger partial charge in [0.15, 0.2) is 21.4 Å². The van der Waals surface area contributed by atoms with Crippen LogP contribution in [0.15, 0.2) is 34.2 Å². The minimum Gasteiger partial charge on any atom is -0.361 e. The summed E-state index contributed by atoms with van der Waals surface area (Å²) >= 11 is 12.9. The van der Waals surface area contributed by atoms with E-state index in [-0.39, 0.29) is 11.1 Å². The van der Waals surface area contributed by atoms with Gasteiger partial charge in [0.25, 0.3) is 5.56 Å². The van der Waals surface area contributed by atoms with Gasteiger partial charge in [-0.1, -0.05) is 47.6 Å². The summed E-state index contributed by atoms with van der Waals surface area (Å²) in [6, 6.07) is 7.34. The Kier molecular flexibility index (Phi) is 6.64. The first-order valence-corrected chi connectivity index (χ1v) is 10.1. The van der Waals surface area contributed by atoms with E-state index in [1.165, 1.54) is 11.8 Å². The molecule has 1 aromatic carbocycles. The molecule has 0 fully saturated rings. The molecule has 27 heavy (non-hydrogen) atoms. The van der Waals surface area contributed by atoms with Gasteiger partial charge in [-0.3, -0.25) is 9.78 Å². The second-order valence-electron chi connectivity index (χ2n) is 5.57. The lowest BCUT2D eigenvalue weighted by Gasteiger charge is -2.11. The molecule has 2 aromatic heterocycles. The number of rotatable bonds is 7. The quantitative estimate of drug-likeness (QED) is 0.303. The number of thiocarbonyl (C=S) groups is 1. The molecule has 0 spiro atoms. The number of fused-ring (bicyclic) bond motifs is 1. The number of nitrogens with one attached hydrogen (secondary N) is 3. The molecule has 0 aliphatic carbocycles. The molecule has 8 nitrogen and oxygen atoms in total. The molecule has 11 heteroatoms. The zero-order chi connectivity index (χ0) is 19.2. The first kappa shape index (κ1) is 19.6. The Bertz CT molecular complexity index is 1000. The predicted molar refractivity (Wildman–Crippen MR) is 113 cm³/mol. The Morgan fingerprint density at radius 2 is 2.22 bits per heavy atom. The third kappa shape index (κ3) is 4.96. The topological polar surface area (TPSA) is 101 Å². The summed E-state index contributed by atoms with van der Waals surface area (Å²) in [5, 5.41) is 15.7. The van der Waals surface area contributed by atoms with Crippen LogP contribution >= 0.6 is 35.6 Å². The van der Waals surface area contributed by atoms with Gasteiger partial charge in [0.05, 0.1) is 17.3 Å². The smallest absolute Gasteiger partial charge is 0.281 e. The zero-order valence-corrected chi connectivity index (χ0v) is 16.9. The number of thioether (sulfide) groups is 1. The van der Waals surface area contributed by atoms with E-state index >= 15 is 0 Å². The molecular weight excluding hydrogens is 406 g/mol. The number of benzene rings is 1. The summed E-state index contributed by atoms with van der Waals surface area (Å²) in [6.45, 7) is 3.01. The third-order valence-corrected chi connectivity index (χ3v) is 5.18. The number of nitrogens with zero attached hydrogens (tertiary/aromatic N) is 4. The van der Waals surface area contributed by atoms with E-state index in [2.05, 4.69) is 37.8 Å². The SMILES string of the molecule is CCCSc1nc2c(nnn2CCNC(=S)Nc2ccccc2Cl)c(=O)[nH]1. The Hall–Kier alpha value is -2.17. The molecule has 0 aliphatic rings. The van der Waals surface area contributed by atoms with Crippen molar-refractivity contribution in [3.63, 3.8) is 0 Å². The van der Waals surface area contributed by atoms with E-state index in [1.54, 1.807) is 10.7 Å². The maximum atomic E-state index is 12.1. The average Bonchev–Trinajstić information content (AvgIpc) is 3.05. The Morgan fingerprint density at radius 1 is 1.41 bits per heavy atom. The lowest BCUT2D eigenvalue weighted by atomic mass is 10.3. The number of aromatic nitrogens is 5. The van der Waals surface area contributed by atoms with Crippen LogP contribution in [0, 0.1) is 0 Å². The van der Waals surface area contributed by atoms with E-state index in [0.717, 1.165) is 17.9 Å². The third-order valence-electron chi connectivity index (χ3n) is 3.53. The van der Waals surface area contributed by atoms with E-state index in [4.69, 9.17) is 23.8 Å². The first-order chi connectivity index (χ1) is 13.1. The van der Waals surface area contributed by atoms with Crippen LogP contribution in [-0.2, 0) is 6.54 Å². The normalized spacial score (nSPS) is 10.9. The van der Waals surface area contributed by atoms with Gasteiger partial charge in [0.1, 0.15) is 0 Å². The maximum absolute atomic E-state index is 12.1. The van der Waals surface area contributed by atoms with Gasteiger partial charge in [0.2, 0.25) is 0 Å². The van der Waals surface area contributed by atoms with Gasteiger partial charge in [-0.2, -0.15) is 0 Å². The number of aromatic amines is 1. The van der Waals surface area contributed by atoms with Gasteiger partial charge in [0, 0.05) is 12.3 Å². The number of H-pyrrole nitrogens is 1. The first-order valence-electron chi connectivity index (χ1n) is 8.34. The minimum atomic E-state index is -0.284. The second kappa shape index (κ2) is 9.16. The van der Waals surface area contributed by atoms with Gasteiger partial charge in [-0.25, -0.2) is 9.67 Å². The fourth-order valence-corrected chi connectivity index (χ4v) is 3.38. The van der Waals surface area contributed by atoms with Crippen LogP contribution in [0.2, 0.25) is 5.02 Å². The number of hydrogen-bond acceptors (Lipinski definition) is 6. The molecule has 0 saturated carbocycles. The standard InChI is InChI=1S/C16H18ClN7OS2/c1-2-9-27-16-20-13-12(14(25)21-16)22-23-24(13)8-7-18-15(26)19-11-6-4-3-5-10(11)17/h3-6H,2,7-9H2,1H3,(H2,18,19,26)(H,20,21,25). The Labute approximate surface area is 170 Å². The van der Waals surface area contributed by atoms with Crippen LogP contribution in [0.3, 0.4) is 0 Å². The van der Waals surface area contributed by atoms with Crippen LogP contribution in [0.5, 0.6) is 0 Å². The molecule has 2 heterocycles. The second-order valence-corrected chi connectivity index (χ2v) is 7.46. The lowest BCUT2D eigenvalue weighted by Crippen LogP contribution is -2.31. The molecule has 0 bridgehead atoms. The molecule has 0 amide bonds. The summed E-state index contributed by atoms with van der Waals surface area (Å²) in [4.78, 5) is 19.3. The Morgan fingerprint density at radius 3 is 3.00 bits per heavy atom. The van der Waals surface area contributed by atoms with Gasteiger partial charge in [-0.15, -0.1) is 5.10 Å². The van der Waals surface area contributed by atoms with Crippen LogP contribution in [0.1, 0.15) is 13.3 Å². The Balaban J connectivity index is 1.63. The van der Waals surface area contributed by atoms with Crippen molar-refractivity contribution in [1.29, 1.82) is 0 Å². The number of halogens is 1.